The summed E-state index contributed by atoms with van der Waals surface area (Å²) in [6.07, 6.45) is 12.9. The summed E-state index contributed by atoms with van der Waals surface area (Å²) in [5, 5.41) is 15.8. The molecule has 116 heavy (non-hydrogen) atoms. The third-order valence-electron chi connectivity index (χ3n) is 22.9. The molecule has 0 radical (unpaired) electrons. The maximum absolute atomic E-state index is 2.32. The van der Waals surface area contributed by atoms with Crippen LogP contribution in [0, 0.1) is 76.2 Å². The summed E-state index contributed by atoms with van der Waals surface area (Å²) in [7, 11) is 12.7. The molecule has 0 fully saturated rings. The van der Waals surface area contributed by atoms with E-state index >= 15 is 0 Å². The van der Waals surface area contributed by atoms with Gasteiger partial charge in [-0.15, -0.1) is 0 Å². The highest BCUT2D eigenvalue weighted by Gasteiger charge is 2.24. The van der Waals surface area contributed by atoms with Crippen molar-refractivity contribution in [2.45, 2.75) is 95.9 Å². The zero-order valence-corrected chi connectivity index (χ0v) is 71.4. The van der Waals surface area contributed by atoms with Crippen molar-refractivity contribution in [2.75, 3.05) is 0 Å². The second-order valence-corrected chi connectivity index (χ2v) is 31.9. The summed E-state index contributed by atoms with van der Waals surface area (Å²) in [5.41, 5.74) is 31.4. The van der Waals surface area contributed by atoms with E-state index in [2.05, 4.69) is 488 Å². The van der Waals surface area contributed by atoms with E-state index in [1.54, 1.807) is 0 Å². The van der Waals surface area contributed by atoms with Crippen molar-refractivity contribution in [3.05, 3.63) is 395 Å². The molecule has 576 valence electrons. The lowest BCUT2D eigenvalue weighted by Crippen LogP contribution is -2.31. The van der Waals surface area contributed by atoms with Crippen molar-refractivity contribution in [1.29, 1.82) is 0 Å². The smallest absolute Gasteiger partial charge is 0.200 e. The van der Waals surface area contributed by atoms with Crippen molar-refractivity contribution in [3.63, 3.8) is 0 Å². The van der Waals surface area contributed by atoms with E-state index < -0.39 is 0 Å². The molecule has 0 amide bonds. The first-order valence-electron chi connectivity index (χ1n) is 40.7. The average Bonchev–Trinajstić information content (AvgIpc) is 0.795. The molecule has 12 aromatic carbocycles. The van der Waals surface area contributed by atoms with Gasteiger partial charge in [0.25, 0.3) is 0 Å². The third-order valence-corrected chi connectivity index (χ3v) is 22.9. The van der Waals surface area contributed by atoms with Crippen molar-refractivity contribution in [1.82, 2.24) is 0 Å². The molecule has 0 atom stereocenters. The van der Waals surface area contributed by atoms with Crippen LogP contribution in [0.5, 0.6) is 0 Å². The number of fused-ring (bicyclic) bond motifs is 6. The SMILES string of the molecule is Cc1ccc(C)c(-c2c3ccccc3cc[n+]2C)c1.Cc1ccc2c(-c3ccccc3C)[n+](C)ccc2c1.Cc1ccc2cc[n+](C)c(-c3ccccc3C)c2c1.Cc1ccccc1-c1c2ccc(C(C)C)cc2cc[n+]1C.Cc1ccccc1-c1c2cccc(C)c2cc[n+]1C.Cc1ccccc1-c1c2ccccc2c(C)c[n+]1C. The van der Waals surface area contributed by atoms with Crippen LogP contribution in [-0.2, 0) is 42.3 Å². The highest BCUT2D eigenvalue weighted by Crippen LogP contribution is 2.36. The molecule has 0 aliphatic heterocycles. The lowest BCUT2D eigenvalue weighted by molar-refractivity contribution is -0.659. The fraction of sp³-hybridized carbons (Fsp3) is 0.182. The van der Waals surface area contributed by atoms with Gasteiger partial charge in [-0.25, -0.2) is 27.4 Å². The summed E-state index contributed by atoms with van der Waals surface area (Å²) >= 11 is 0. The average molecular weight is 1520 g/mol. The summed E-state index contributed by atoms with van der Waals surface area (Å²) < 4.78 is 13.3. The van der Waals surface area contributed by atoms with E-state index in [9.17, 15) is 0 Å². The molecule has 6 aromatic heterocycles. The minimum Gasteiger partial charge on any atom is -0.200 e. The van der Waals surface area contributed by atoms with Gasteiger partial charge in [-0.2, -0.15) is 0 Å². The number of benzene rings is 12. The van der Waals surface area contributed by atoms with Gasteiger partial charge in [0.2, 0.25) is 34.2 Å². The maximum Gasteiger partial charge on any atom is 0.220 e. The fourth-order valence-electron chi connectivity index (χ4n) is 16.4. The van der Waals surface area contributed by atoms with E-state index in [1.165, 1.54) is 199 Å². The molecule has 0 saturated heterocycles. The van der Waals surface area contributed by atoms with E-state index in [4.69, 9.17) is 0 Å². The Morgan fingerprint density at radius 3 is 0.991 bits per heavy atom. The predicted octanol–water partition coefficient (Wildman–Crippen LogP) is 24.5. The van der Waals surface area contributed by atoms with Gasteiger partial charge in [-0.1, -0.05) is 219 Å². The van der Waals surface area contributed by atoms with Crippen molar-refractivity contribution in [3.8, 4) is 67.5 Å². The number of rotatable bonds is 7. The van der Waals surface area contributed by atoms with E-state index in [0.29, 0.717) is 5.92 Å². The van der Waals surface area contributed by atoms with Gasteiger partial charge in [-0.3, -0.25) is 0 Å². The van der Waals surface area contributed by atoms with Crippen LogP contribution in [0.3, 0.4) is 0 Å². The maximum atomic E-state index is 2.32. The Hall–Kier alpha value is -12.9. The minimum atomic E-state index is 0.560. The summed E-state index contributed by atoms with van der Waals surface area (Å²) in [4.78, 5) is 0. The monoisotopic (exact) mass is 1520 g/mol. The minimum absolute atomic E-state index is 0.560. The lowest BCUT2D eigenvalue weighted by Gasteiger charge is -2.10. The normalized spacial score (nSPS) is 11.0. The molecular weight excluding hydrogens is 1410 g/mol. The first kappa shape index (κ1) is 81.1. The third kappa shape index (κ3) is 17.7. The number of aryl methyl sites for hydroxylation is 17. The molecule has 0 unspecified atom stereocenters. The van der Waals surface area contributed by atoms with Gasteiger partial charge in [0.1, 0.15) is 42.3 Å². The second kappa shape index (κ2) is 36.1. The standard InChI is InChI=1S/C20H22N.5C18H18N/c1-14(2)16-9-10-19-17(13-16)11-12-21(4)20(19)18-8-6-5-7-15(18)3;1-13-8-4-5-10-16(13)18-17-11-7-6-9-15(17)14(2)12-19(18)3;1-13-8-6-10-17-15(13)11-12-19(3)18(17)16-9-5-4-7-14(16)2;1-13-8-9-14(2)17(12-13)18-16-7-5-4-6-15(16)10-11-19(18)3;1-13-8-9-17-15(12-13)10-11-19(3)18(17)16-7-5-4-6-14(16)2;1-13-8-9-15-10-11-19(3)18(17(15)12-13)16-7-5-4-6-14(16)2/h5-14H,1-4H3;5*4-12H,1-3H3/q6*+1. The van der Waals surface area contributed by atoms with Crippen LogP contribution in [-0.4, -0.2) is 0 Å². The van der Waals surface area contributed by atoms with Crippen LogP contribution in [0.2, 0.25) is 0 Å². The van der Waals surface area contributed by atoms with Crippen LogP contribution < -0.4 is 27.4 Å². The van der Waals surface area contributed by atoms with Crippen LogP contribution in [0.4, 0.5) is 0 Å². The van der Waals surface area contributed by atoms with Crippen LogP contribution in [0.15, 0.2) is 328 Å². The Labute approximate surface area is 688 Å². The molecule has 0 saturated carbocycles. The van der Waals surface area contributed by atoms with Gasteiger partial charge in [0.15, 0.2) is 37.2 Å². The fourth-order valence-corrected chi connectivity index (χ4v) is 16.4. The quantitative estimate of drug-likeness (QED) is 0.142. The largest absolute Gasteiger partial charge is 0.220 e. The van der Waals surface area contributed by atoms with Gasteiger partial charge in [0.05, 0.1) is 32.3 Å². The molecule has 6 nitrogen and oxygen atoms in total. The molecule has 6 heterocycles. The van der Waals surface area contributed by atoms with Gasteiger partial charge >= 0.3 is 0 Å². The first-order chi connectivity index (χ1) is 55.9. The highest BCUT2D eigenvalue weighted by atomic mass is 14.9. The Morgan fingerprint density at radius 1 is 0.190 bits per heavy atom. The zero-order chi connectivity index (χ0) is 82.0. The Morgan fingerprint density at radius 2 is 0.500 bits per heavy atom. The number of pyridine rings is 6. The summed E-state index contributed by atoms with van der Waals surface area (Å²) in [6.45, 7) is 28.3. The van der Waals surface area contributed by atoms with Crippen molar-refractivity contribution >= 4 is 64.6 Å². The number of hydrogen-bond acceptors (Lipinski definition) is 0. The number of aromatic nitrogens is 6. The molecule has 6 heteroatoms. The first-order valence-corrected chi connectivity index (χ1v) is 40.7. The van der Waals surface area contributed by atoms with Crippen LogP contribution in [0.1, 0.15) is 86.5 Å². The highest BCUT2D eigenvalue weighted by molar-refractivity contribution is 5.99. The van der Waals surface area contributed by atoms with Gasteiger partial charge in [0, 0.05) is 69.3 Å². The summed E-state index contributed by atoms with van der Waals surface area (Å²) in [5.74, 6) is 0.560. The molecule has 0 spiro atoms. The van der Waals surface area contributed by atoms with Crippen LogP contribution in [0.25, 0.3) is 132 Å². The number of nitrogens with zero attached hydrogens (tertiary/aromatic N) is 6. The van der Waals surface area contributed by atoms with Crippen LogP contribution >= 0.6 is 0 Å². The number of hydrogen-bond donors (Lipinski definition) is 0. The van der Waals surface area contributed by atoms with Crippen molar-refractivity contribution in [2.24, 2.45) is 42.3 Å². The van der Waals surface area contributed by atoms with E-state index in [1.807, 2.05) is 0 Å². The van der Waals surface area contributed by atoms with E-state index in [0.717, 1.165) is 0 Å². The van der Waals surface area contributed by atoms with Gasteiger partial charge in [-0.05, 0) is 232 Å². The Balaban J connectivity index is 0.000000121. The van der Waals surface area contributed by atoms with Gasteiger partial charge < -0.3 is 0 Å². The predicted molar refractivity (Wildman–Crippen MR) is 490 cm³/mol. The zero-order valence-electron chi connectivity index (χ0n) is 71.4. The summed E-state index contributed by atoms with van der Waals surface area (Å²) in [6, 6.07) is 104. The molecule has 0 aliphatic rings. The lowest BCUT2D eigenvalue weighted by atomic mass is 9.96. The molecule has 0 N–H and O–H groups in total. The topological polar surface area (TPSA) is 23.3 Å². The Bertz CT molecular complexity index is 6510. The second-order valence-electron chi connectivity index (χ2n) is 31.9. The van der Waals surface area contributed by atoms with E-state index in [-0.39, 0.29) is 0 Å². The Kier molecular flexibility index (Phi) is 25.2. The molecule has 0 bridgehead atoms. The van der Waals surface area contributed by atoms with Crippen molar-refractivity contribution < 1.29 is 27.4 Å². The molecule has 18 rings (SSSR count). The molecule has 0 aliphatic carbocycles. The molecular formula is C110H112N6+6. The molecule has 18 aromatic rings.